The molecule has 0 aliphatic rings. The summed E-state index contributed by atoms with van der Waals surface area (Å²) in [6.45, 7) is 0.363. The predicted octanol–water partition coefficient (Wildman–Crippen LogP) is 4.49. The number of phenolic OH excluding ortho intramolecular Hbond substituents is 1. The van der Waals surface area contributed by atoms with Crippen LogP contribution in [0.25, 0.3) is 21.7 Å². The molecule has 4 heteroatoms. The summed E-state index contributed by atoms with van der Waals surface area (Å²) in [4.78, 5) is 14.3. The smallest absolute Gasteiger partial charge is 0.227 e. The van der Waals surface area contributed by atoms with E-state index in [1.807, 2.05) is 42.5 Å². The number of para-hydroxylation sites is 1. The fourth-order valence-electron chi connectivity index (χ4n) is 3.29. The molecule has 0 bridgehead atoms. The van der Waals surface area contributed by atoms with E-state index >= 15 is 0 Å². The van der Waals surface area contributed by atoms with E-state index in [-0.39, 0.29) is 18.1 Å². The van der Waals surface area contributed by atoms with Gasteiger partial charge in [-0.15, -0.1) is 0 Å². The Hall–Kier alpha value is -3.27. The first-order valence-corrected chi connectivity index (χ1v) is 8.52. The third-order valence-corrected chi connectivity index (χ3v) is 4.71. The molecule has 0 aliphatic carbocycles. The van der Waals surface area contributed by atoms with Crippen molar-refractivity contribution >= 4 is 27.6 Å². The lowest BCUT2D eigenvalue weighted by molar-refractivity contribution is -0.129. The number of carbonyl (C=O) groups is 1. The molecule has 4 aromatic rings. The summed E-state index contributed by atoms with van der Waals surface area (Å²) >= 11 is 0. The number of furan rings is 1. The SMILES string of the molecule is CN(Cc1ccccc1O)C(=O)Cc1coc2ccc3ccccc3c12. The zero-order valence-corrected chi connectivity index (χ0v) is 14.5. The standard InChI is InChI=1S/C22H19NO3/c1-23(13-16-7-3-5-9-19(16)24)21(25)12-17-14-26-20-11-10-15-6-2-4-8-18(15)22(17)20/h2-11,14,24H,12-13H2,1H3. The second kappa shape index (κ2) is 6.56. The molecule has 1 N–H and O–H groups in total. The van der Waals surface area contributed by atoms with Gasteiger partial charge in [0, 0.05) is 30.1 Å². The molecule has 0 spiro atoms. The minimum Gasteiger partial charge on any atom is -0.508 e. The molecule has 4 rings (SSSR count). The minimum atomic E-state index is -0.0242. The van der Waals surface area contributed by atoms with E-state index < -0.39 is 0 Å². The number of nitrogens with zero attached hydrogens (tertiary/aromatic N) is 1. The van der Waals surface area contributed by atoms with Crippen LogP contribution in [0.1, 0.15) is 11.1 Å². The van der Waals surface area contributed by atoms with Gasteiger partial charge in [0.1, 0.15) is 11.3 Å². The molecule has 4 nitrogen and oxygen atoms in total. The first kappa shape index (κ1) is 16.2. The third kappa shape index (κ3) is 2.90. The second-order valence-electron chi connectivity index (χ2n) is 6.48. The summed E-state index contributed by atoms with van der Waals surface area (Å²) < 4.78 is 5.66. The largest absolute Gasteiger partial charge is 0.508 e. The van der Waals surface area contributed by atoms with Crippen LogP contribution in [0.15, 0.2) is 71.3 Å². The minimum absolute atomic E-state index is 0.0242. The van der Waals surface area contributed by atoms with Crippen LogP contribution >= 0.6 is 0 Å². The number of benzene rings is 3. The van der Waals surface area contributed by atoms with E-state index in [0.29, 0.717) is 6.54 Å². The molecule has 3 aromatic carbocycles. The van der Waals surface area contributed by atoms with Crippen molar-refractivity contribution < 1.29 is 14.3 Å². The molecule has 0 unspecified atom stereocenters. The average molecular weight is 345 g/mol. The third-order valence-electron chi connectivity index (χ3n) is 4.71. The highest BCUT2D eigenvalue weighted by Gasteiger charge is 2.16. The fourth-order valence-corrected chi connectivity index (χ4v) is 3.29. The van der Waals surface area contributed by atoms with E-state index in [0.717, 1.165) is 32.9 Å². The van der Waals surface area contributed by atoms with Crippen molar-refractivity contribution in [2.24, 2.45) is 0 Å². The molecule has 0 saturated heterocycles. The van der Waals surface area contributed by atoms with Crippen LogP contribution in [0, 0.1) is 0 Å². The lowest BCUT2D eigenvalue weighted by Gasteiger charge is -2.17. The van der Waals surface area contributed by atoms with Crippen LogP contribution in [0.5, 0.6) is 5.75 Å². The van der Waals surface area contributed by atoms with E-state index in [1.54, 1.807) is 30.3 Å². The van der Waals surface area contributed by atoms with Gasteiger partial charge in [-0.25, -0.2) is 0 Å². The fraction of sp³-hybridized carbons (Fsp3) is 0.136. The first-order chi connectivity index (χ1) is 12.6. The van der Waals surface area contributed by atoms with E-state index in [1.165, 1.54) is 0 Å². The van der Waals surface area contributed by atoms with Crippen LogP contribution in [0.2, 0.25) is 0 Å². The van der Waals surface area contributed by atoms with Gasteiger partial charge in [0.2, 0.25) is 5.91 Å². The second-order valence-corrected chi connectivity index (χ2v) is 6.48. The highest BCUT2D eigenvalue weighted by Crippen LogP contribution is 2.30. The molecule has 1 aromatic heterocycles. The molecule has 0 radical (unpaired) electrons. The first-order valence-electron chi connectivity index (χ1n) is 8.52. The van der Waals surface area contributed by atoms with Gasteiger partial charge in [0.15, 0.2) is 0 Å². The number of aromatic hydroxyl groups is 1. The van der Waals surface area contributed by atoms with Gasteiger partial charge < -0.3 is 14.4 Å². The number of fused-ring (bicyclic) bond motifs is 3. The summed E-state index contributed by atoms with van der Waals surface area (Å²) in [6.07, 6.45) is 1.92. The van der Waals surface area contributed by atoms with Gasteiger partial charge in [-0.2, -0.15) is 0 Å². The topological polar surface area (TPSA) is 53.7 Å². The van der Waals surface area contributed by atoms with Crippen molar-refractivity contribution in [1.29, 1.82) is 0 Å². The van der Waals surface area contributed by atoms with Gasteiger partial charge in [0.05, 0.1) is 12.7 Å². The van der Waals surface area contributed by atoms with E-state index in [2.05, 4.69) is 6.07 Å². The number of amides is 1. The summed E-state index contributed by atoms with van der Waals surface area (Å²) in [5, 5.41) is 13.1. The molecule has 1 amide bonds. The normalized spacial score (nSPS) is 11.1. The zero-order valence-electron chi connectivity index (χ0n) is 14.5. The number of carbonyl (C=O) groups excluding carboxylic acids is 1. The molecular formula is C22H19NO3. The maximum absolute atomic E-state index is 12.7. The molecule has 26 heavy (non-hydrogen) atoms. The van der Waals surface area contributed by atoms with Crippen LogP contribution in [0.3, 0.4) is 0 Å². The lowest BCUT2D eigenvalue weighted by Crippen LogP contribution is -2.27. The average Bonchev–Trinajstić information content (AvgIpc) is 3.07. The number of hydrogen-bond donors (Lipinski definition) is 1. The van der Waals surface area contributed by atoms with Crippen molar-refractivity contribution in [3.05, 3.63) is 78.1 Å². The number of rotatable bonds is 4. The predicted molar refractivity (Wildman–Crippen MR) is 102 cm³/mol. The van der Waals surface area contributed by atoms with Crippen molar-refractivity contribution in [3.63, 3.8) is 0 Å². The van der Waals surface area contributed by atoms with Crippen LogP contribution in [-0.2, 0) is 17.8 Å². The highest BCUT2D eigenvalue weighted by molar-refractivity contribution is 6.08. The lowest BCUT2D eigenvalue weighted by atomic mass is 10.0. The van der Waals surface area contributed by atoms with Gasteiger partial charge in [-0.3, -0.25) is 4.79 Å². The van der Waals surface area contributed by atoms with Crippen LogP contribution < -0.4 is 0 Å². The quantitative estimate of drug-likeness (QED) is 0.593. The Labute approximate surface area is 151 Å². The summed E-state index contributed by atoms with van der Waals surface area (Å²) in [6, 6.07) is 19.1. The Kier molecular flexibility index (Phi) is 4.09. The highest BCUT2D eigenvalue weighted by atomic mass is 16.3. The van der Waals surface area contributed by atoms with Crippen LogP contribution in [0.4, 0.5) is 0 Å². The van der Waals surface area contributed by atoms with Gasteiger partial charge in [0.25, 0.3) is 0 Å². The monoisotopic (exact) mass is 345 g/mol. The summed E-state index contributed by atoms with van der Waals surface area (Å²) in [7, 11) is 1.75. The molecule has 0 saturated carbocycles. The van der Waals surface area contributed by atoms with Crippen molar-refractivity contribution in [2.75, 3.05) is 7.05 Å². The maximum atomic E-state index is 12.7. The van der Waals surface area contributed by atoms with E-state index in [4.69, 9.17) is 4.42 Å². The number of likely N-dealkylation sites (N-methyl/N-ethyl adjacent to an activating group) is 1. The molecule has 0 fully saturated rings. The maximum Gasteiger partial charge on any atom is 0.227 e. The Balaban J connectivity index is 1.62. The van der Waals surface area contributed by atoms with Gasteiger partial charge in [-0.1, -0.05) is 48.5 Å². The van der Waals surface area contributed by atoms with Gasteiger partial charge >= 0.3 is 0 Å². The van der Waals surface area contributed by atoms with Crippen molar-refractivity contribution in [1.82, 2.24) is 4.90 Å². The Bertz CT molecular complexity index is 1100. The van der Waals surface area contributed by atoms with Gasteiger partial charge in [-0.05, 0) is 22.9 Å². The van der Waals surface area contributed by atoms with Crippen molar-refractivity contribution in [3.8, 4) is 5.75 Å². The molecular weight excluding hydrogens is 326 g/mol. The number of hydrogen-bond acceptors (Lipinski definition) is 3. The number of phenols is 1. The molecule has 0 aliphatic heterocycles. The Morgan fingerprint density at radius 1 is 1.00 bits per heavy atom. The van der Waals surface area contributed by atoms with Crippen LogP contribution in [-0.4, -0.2) is 23.0 Å². The Morgan fingerprint density at radius 3 is 2.62 bits per heavy atom. The van der Waals surface area contributed by atoms with Crippen molar-refractivity contribution in [2.45, 2.75) is 13.0 Å². The molecule has 0 atom stereocenters. The summed E-state index contributed by atoms with van der Waals surface area (Å²) in [5.74, 6) is 0.177. The Morgan fingerprint density at radius 2 is 1.77 bits per heavy atom. The molecule has 130 valence electrons. The zero-order chi connectivity index (χ0) is 18.1. The van der Waals surface area contributed by atoms with E-state index in [9.17, 15) is 9.90 Å². The molecule has 1 heterocycles. The summed E-state index contributed by atoms with van der Waals surface area (Å²) in [5.41, 5.74) is 2.40.